The Morgan fingerprint density at radius 1 is 0.303 bits per heavy atom. The Balaban J connectivity index is 1.13. The number of fused-ring (bicyclic) bond motifs is 12. The maximum absolute atomic E-state index is 6.86. The van der Waals surface area contributed by atoms with E-state index in [1.165, 1.54) is 32.3 Å². The minimum Gasteiger partial charge on any atom is -0.456 e. The van der Waals surface area contributed by atoms with Crippen molar-refractivity contribution in [3.05, 3.63) is 218 Å². The second-order valence-electron chi connectivity index (χ2n) is 17.1. The normalized spacial score (nSPS) is 11.9. The molecule has 5 heteroatoms. The molecule has 0 aliphatic carbocycles. The molecule has 0 radical (unpaired) electrons. The maximum atomic E-state index is 6.86. The minimum atomic E-state index is 0.548. The molecule has 0 amide bonds. The largest absolute Gasteiger partial charge is 0.456 e. The van der Waals surface area contributed by atoms with Crippen LogP contribution in [0.15, 0.2) is 223 Å². The summed E-state index contributed by atoms with van der Waals surface area (Å²) in [4.78, 5) is 16.3. The highest BCUT2D eigenvalue weighted by atomic mass is 16.3. The minimum absolute atomic E-state index is 0.548. The smallest absolute Gasteiger partial charge is 0.166 e. The van der Waals surface area contributed by atoms with Crippen LogP contribution in [-0.4, -0.2) is 19.5 Å². The maximum Gasteiger partial charge on any atom is 0.166 e. The summed E-state index contributed by atoms with van der Waals surface area (Å²) in [7, 11) is 0. The molecule has 3 heterocycles. The summed E-state index contributed by atoms with van der Waals surface area (Å²) in [6.45, 7) is 0. The lowest BCUT2D eigenvalue weighted by Crippen LogP contribution is -2.04. The quantitative estimate of drug-likeness (QED) is 0.173. The highest BCUT2D eigenvalue weighted by molar-refractivity contribution is 6.24. The number of rotatable bonds is 5. The Kier molecular flexibility index (Phi) is 7.91. The molecule has 0 saturated heterocycles. The molecule has 66 heavy (non-hydrogen) atoms. The van der Waals surface area contributed by atoms with Crippen molar-refractivity contribution in [1.82, 2.24) is 19.5 Å². The third-order valence-corrected chi connectivity index (χ3v) is 13.4. The van der Waals surface area contributed by atoms with Crippen molar-refractivity contribution in [3.8, 4) is 51.0 Å². The molecule has 0 aliphatic heterocycles. The van der Waals surface area contributed by atoms with Crippen LogP contribution in [0.5, 0.6) is 0 Å². The summed E-state index contributed by atoms with van der Waals surface area (Å²) < 4.78 is 9.29. The fraction of sp³-hybridized carbons (Fsp3) is 0. The lowest BCUT2D eigenvalue weighted by molar-refractivity contribution is 0.669. The van der Waals surface area contributed by atoms with E-state index in [1.807, 2.05) is 6.07 Å². The highest BCUT2D eigenvalue weighted by Crippen LogP contribution is 2.45. The molecule has 14 rings (SSSR count). The predicted molar refractivity (Wildman–Crippen MR) is 273 cm³/mol. The first-order chi connectivity index (χ1) is 32.7. The zero-order chi connectivity index (χ0) is 43.3. The molecular formula is C61H36N4O. The molecular weight excluding hydrogens is 805 g/mol. The van der Waals surface area contributed by atoms with Crippen LogP contribution in [-0.2, 0) is 0 Å². The molecule has 11 aromatic carbocycles. The number of furan rings is 1. The fourth-order valence-electron chi connectivity index (χ4n) is 10.3. The number of benzene rings is 11. The monoisotopic (exact) mass is 840 g/mol. The molecule has 0 atom stereocenters. The van der Waals surface area contributed by atoms with Gasteiger partial charge in [-0.05, 0) is 96.7 Å². The number of hydrogen-bond acceptors (Lipinski definition) is 4. The van der Waals surface area contributed by atoms with Gasteiger partial charge in [0, 0.05) is 38.2 Å². The average molecular weight is 841 g/mol. The van der Waals surface area contributed by atoms with Gasteiger partial charge in [0.25, 0.3) is 0 Å². The first-order valence-electron chi connectivity index (χ1n) is 22.3. The van der Waals surface area contributed by atoms with Crippen LogP contribution in [0.2, 0.25) is 0 Å². The van der Waals surface area contributed by atoms with Crippen LogP contribution < -0.4 is 0 Å². The second-order valence-corrected chi connectivity index (χ2v) is 17.1. The molecule has 0 N–H and O–H groups in total. The molecule has 14 aromatic rings. The number of aromatic nitrogens is 4. The molecule has 0 saturated carbocycles. The Morgan fingerprint density at radius 2 is 0.879 bits per heavy atom. The predicted octanol–water partition coefficient (Wildman–Crippen LogP) is 16.1. The summed E-state index contributed by atoms with van der Waals surface area (Å²) >= 11 is 0. The molecule has 5 nitrogen and oxygen atoms in total. The lowest BCUT2D eigenvalue weighted by atomic mass is 10.0. The lowest BCUT2D eigenvalue weighted by Gasteiger charge is -2.16. The number of nitrogens with zero attached hydrogens (tertiary/aromatic N) is 4. The van der Waals surface area contributed by atoms with Crippen molar-refractivity contribution >= 4 is 86.8 Å². The molecule has 0 unspecified atom stereocenters. The van der Waals surface area contributed by atoms with E-state index in [0.29, 0.717) is 17.5 Å². The Hall–Kier alpha value is -8.93. The van der Waals surface area contributed by atoms with Crippen molar-refractivity contribution in [1.29, 1.82) is 0 Å². The fourth-order valence-corrected chi connectivity index (χ4v) is 10.3. The van der Waals surface area contributed by atoms with E-state index in [2.05, 4.69) is 217 Å². The van der Waals surface area contributed by atoms with Crippen LogP contribution in [0.25, 0.3) is 138 Å². The van der Waals surface area contributed by atoms with E-state index in [1.54, 1.807) is 0 Å². The van der Waals surface area contributed by atoms with E-state index in [-0.39, 0.29) is 0 Å². The van der Waals surface area contributed by atoms with Gasteiger partial charge < -0.3 is 8.98 Å². The topological polar surface area (TPSA) is 56.7 Å². The van der Waals surface area contributed by atoms with Crippen molar-refractivity contribution in [2.24, 2.45) is 0 Å². The van der Waals surface area contributed by atoms with E-state index in [4.69, 9.17) is 19.4 Å². The van der Waals surface area contributed by atoms with Gasteiger partial charge in [-0.25, -0.2) is 15.0 Å². The molecule has 0 spiro atoms. The second kappa shape index (κ2) is 14.3. The van der Waals surface area contributed by atoms with Crippen molar-refractivity contribution in [2.75, 3.05) is 0 Å². The third-order valence-electron chi connectivity index (χ3n) is 13.4. The van der Waals surface area contributed by atoms with E-state index < -0.39 is 0 Å². The number of hydrogen-bond donors (Lipinski definition) is 0. The van der Waals surface area contributed by atoms with Gasteiger partial charge in [0.1, 0.15) is 11.2 Å². The van der Waals surface area contributed by atoms with Gasteiger partial charge in [0.15, 0.2) is 17.5 Å². The zero-order valence-corrected chi connectivity index (χ0v) is 35.5. The van der Waals surface area contributed by atoms with Crippen molar-refractivity contribution < 1.29 is 4.42 Å². The molecule has 3 aromatic heterocycles. The molecule has 0 bridgehead atoms. The summed E-state index contributed by atoms with van der Waals surface area (Å²) in [5, 5.41) is 13.7. The summed E-state index contributed by atoms with van der Waals surface area (Å²) in [5.41, 5.74) is 9.60. The van der Waals surface area contributed by atoms with Crippen LogP contribution in [0, 0.1) is 0 Å². The van der Waals surface area contributed by atoms with E-state index in [9.17, 15) is 0 Å². The standard InChI is InChI=1S/C61H36N4O/c1-2-14-37(15-3-1)41-22-12-23-44(32-41)59-62-60(48-27-13-21-38-16-6-9-24-45(38)48)64-61(63-59)50-36-56-51(58-47-26-11-8-18-40(47)29-31-55(58)66-56)35-54(50)65-52-30-28-39-17-7-10-25-46(39)57(52)49-33-42-19-4-5-20-43(42)34-53(49)65/h1-36H. The first kappa shape index (κ1) is 36.5. The van der Waals surface area contributed by atoms with Gasteiger partial charge in [-0.2, -0.15) is 0 Å². The molecule has 306 valence electrons. The summed E-state index contributed by atoms with van der Waals surface area (Å²) in [6.07, 6.45) is 0. The third kappa shape index (κ3) is 5.63. The van der Waals surface area contributed by atoms with Gasteiger partial charge in [0.2, 0.25) is 0 Å². The highest BCUT2D eigenvalue weighted by Gasteiger charge is 2.24. The van der Waals surface area contributed by atoms with Gasteiger partial charge in [-0.3, -0.25) is 0 Å². The van der Waals surface area contributed by atoms with Gasteiger partial charge >= 0.3 is 0 Å². The summed E-state index contributed by atoms with van der Waals surface area (Å²) in [6, 6.07) is 77.5. The molecule has 0 aliphatic rings. The summed E-state index contributed by atoms with van der Waals surface area (Å²) in [5.74, 6) is 1.73. The van der Waals surface area contributed by atoms with Gasteiger partial charge in [-0.15, -0.1) is 0 Å². The van der Waals surface area contributed by atoms with Gasteiger partial charge in [0.05, 0.1) is 16.7 Å². The van der Waals surface area contributed by atoms with E-state index in [0.717, 1.165) is 88.0 Å². The van der Waals surface area contributed by atoms with Crippen LogP contribution >= 0.6 is 0 Å². The van der Waals surface area contributed by atoms with Crippen LogP contribution in [0.1, 0.15) is 0 Å². The van der Waals surface area contributed by atoms with Crippen molar-refractivity contribution in [3.63, 3.8) is 0 Å². The van der Waals surface area contributed by atoms with Crippen molar-refractivity contribution in [2.45, 2.75) is 0 Å². The van der Waals surface area contributed by atoms with Gasteiger partial charge in [-0.1, -0.05) is 176 Å². The zero-order valence-electron chi connectivity index (χ0n) is 35.5. The van der Waals surface area contributed by atoms with Crippen LogP contribution in [0.4, 0.5) is 0 Å². The Morgan fingerprint density at radius 3 is 1.67 bits per heavy atom. The average Bonchev–Trinajstić information content (AvgIpc) is 3.92. The molecule has 0 fully saturated rings. The Bertz CT molecular complexity index is 4290. The SMILES string of the molecule is c1ccc(-c2cccc(-c3nc(-c4cc5oc6ccc7ccccc7c6c5cc4-n4c5cc6ccccc6cc5c5c6ccccc6ccc54)nc(-c4cccc5ccccc45)n3)c2)cc1. The first-order valence-corrected chi connectivity index (χ1v) is 22.3. The Labute approximate surface area is 378 Å². The van der Waals surface area contributed by atoms with Crippen LogP contribution in [0.3, 0.4) is 0 Å². The van der Waals surface area contributed by atoms with E-state index >= 15 is 0 Å².